The van der Waals surface area contributed by atoms with Crippen LogP contribution < -0.4 is 0 Å². The van der Waals surface area contributed by atoms with Gasteiger partial charge in [-0.05, 0) is 55.4 Å². The van der Waals surface area contributed by atoms with Crippen LogP contribution in [0.25, 0.3) is 10.2 Å². The molecule has 144 valence electrons. The molecule has 0 atom stereocenters. The average Bonchev–Trinajstić information content (AvgIpc) is 3.21. The van der Waals surface area contributed by atoms with Crippen molar-refractivity contribution in [2.75, 3.05) is 26.3 Å². The topological polar surface area (TPSA) is 81.8 Å². The Morgan fingerprint density at radius 1 is 1.19 bits per heavy atom. The maximum atomic E-state index is 5.45. The third kappa shape index (κ3) is 3.84. The Kier molecular flexibility index (Phi) is 5.40. The highest BCUT2D eigenvalue weighted by Crippen LogP contribution is 2.37. The molecule has 1 fully saturated rings. The average molecular weight is 406 g/mol. The Morgan fingerprint density at radius 3 is 2.70 bits per heavy atom. The van der Waals surface area contributed by atoms with Gasteiger partial charge in [0.05, 0.1) is 25.8 Å². The van der Waals surface area contributed by atoms with Crippen molar-refractivity contribution in [2.45, 2.75) is 50.5 Å². The van der Waals surface area contributed by atoms with Gasteiger partial charge in [0, 0.05) is 23.4 Å². The Bertz CT molecular complexity index is 946. The lowest BCUT2D eigenvalue weighted by molar-refractivity contribution is 0.0330. The number of fused-ring (bicyclic) bond motifs is 1. The molecule has 27 heavy (non-hydrogen) atoms. The van der Waals surface area contributed by atoms with Gasteiger partial charge in [0.15, 0.2) is 0 Å². The minimum Gasteiger partial charge on any atom is -0.379 e. The number of tetrazole rings is 1. The van der Waals surface area contributed by atoms with E-state index in [9.17, 15) is 0 Å². The van der Waals surface area contributed by atoms with Gasteiger partial charge in [0.2, 0.25) is 5.16 Å². The van der Waals surface area contributed by atoms with E-state index in [-0.39, 0.29) is 6.04 Å². The van der Waals surface area contributed by atoms with Gasteiger partial charge in [0.1, 0.15) is 15.7 Å². The highest BCUT2D eigenvalue weighted by molar-refractivity contribution is 7.99. The minimum atomic E-state index is 0.193. The van der Waals surface area contributed by atoms with E-state index in [0.717, 1.165) is 59.1 Å². The van der Waals surface area contributed by atoms with Gasteiger partial charge < -0.3 is 4.74 Å². The summed E-state index contributed by atoms with van der Waals surface area (Å²) in [6, 6.07) is 0.193. The second-order valence-electron chi connectivity index (χ2n) is 6.90. The van der Waals surface area contributed by atoms with Gasteiger partial charge in [-0.3, -0.25) is 4.90 Å². The highest BCUT2D eigenvalue weighted by Gasteiger charge is 2.20. The SMILES string of the molecule is Cc1sc2nc(CN3CCOCC3)nc(Sc3nnnn3C(C)C)c2c1C. The smallest absolute Gasteiger partial charge is 0.215 e. The molecule has 0 aliphatic carbocycles. The number of thiophene rings is 1. The van der Waals surface area contributed by atoms with Crippen LogP contribution in [0.5, 0.6) is 0 Å². The quantitative estimate of drug-likeness (QED) is 0.599. The summed E-state index contributed by atoms with van der Waals surface area (Å²) in [4.78, 5) is 14.4. The first-order chi connectivity index (χ1) is 13.0. The van der Waals surface area contributed by atoms with Crippen molar-refractivity contribution in [3.8, 4) is 0 Å². The number of aromatic nitrogens is 6. The maximum absolute atomic E-state index is 5.45. The van der Waals surface area contributed by atoms with E-state index in [1.165, 1.54) is 22.2 Å². The van der Waals surface area contributed by atoms with Crippen LogP contribution in [0.2, 0.25) is 0 Å². The van der Waals surface area contributed by atoms with Gasteiger partial charge in [-0.25, -0.2) is 14.6 Å². The molecule has 0 radical (unpaired) electrons. The first-order valence-electron chi connectivity index (χ1n) is 9.05. The molecule has 10 heteroatoms. The van der Waals surface area contributed by atoms with E-state index in [1.807, 2.05) is 4.68 Å². The van der Waals surface area contributed by atoms with Crippen molar-refractivity contribution in [3.05, 3.63) is 16.3 Å². The molecule has 0 aromatic carbocycles. The molecule has 0 N–H and O–H groups in total. The van der Waals surface area contributed by atoms with Crippen molar-refractivity contribution in [1.82, 2.24) is 35.1 Å². The van der Waals surface area contributed by atoms with Crippen LogP contribution in [-0.4, -0.2) is 61.4 Å². The highest BCUT2D eigenvalue weighted by atomic mass is 32.2. The van der Waals surface area contributed by atoms with Gasteiger partial charge in [-0.1, -0.05) is 0 Å². The first-order valence-corrected chi connectivity index (χ1v) is 10.7. The van der Waals surface area contributed by atoms with E-state index in [1.54, 1.807) is 11.3 Å². The molecule has 4 rings (SSSR count). The standard InChI is InChI=1S/C17H23N7OS2/c1-10(2)24-17(20-21-22-24)27-16-14-11(3)12(4)26-15(14)18-13(19-16)9-23-5-7-25-8-6-23/h10H,5-9H2,1-4H3. The third-order valence-electron chi connectivity index (χ3n) is 4.65. The van der Waals surface area contributed by atoms with Crippen molar-refractivity contribution in [1.29, 1.82) is 0 Å². The third-order valence-corrected chi connectivity index (χ3v) is 6.69. The van der Waals surface area contributed by atoms with Gasteiger partial charge in [0.25, 0.3) is 0 Å². The molecule has 1 saturated heterocycles. The van der Waals surface area contributed by atoms with Crippen LogP contribution >= 0.6 is 23.1 Å². The zero-order chi connectivity index (χ0) is 19.0. The fourth-order valence-electron chi connectivity index (χ4n) is 3.02. The van der Waals surface area contributed by atoms with Crippen molar-refractivity contribution in [2.24, 2.45) is 0 Å². The Labute approximate surface area is 166 Å². The van der Waals surface area contributed by atoms with Crippen LogP contribution in [0.15, 0.2) is 10.2 Å². The summed E-state index contributed by atoms with van der Waals surface area (Å²) >= 11 is 3.25. The van der Waals surface area contributed by atoms with Crippen molar-refractivity contribution < 1.29 is 4.74 Å². The number of rotatable bonds is 5. The number of ether oxygens (including phenoxy) is 1. The summed E-state index contributed by atoms with van der Waals surface area (Å²) in [6.07, 6.45) is 0. The van der Waals surface area contributed by atoms with Crippen molar-refractivity contribution in [3.63, 3.8) is 0 Å². The van der Waals surface area contributed by atoms with Crippen LogP contribution in [0, 0.1) is 13.8 Å². The lowest BCUT2D eigenvalue weighted by Crippen LogP contribution is -2.36. The molecule has 0 unspecified atom stereocenters. The second kappa shape index (κ2) is 7.78. The fraction of sp³-hybridized carbons (Fsp3) is 0.588. The Hall–Kier alpha value is -1.62. The van der Waals surface area contributed by atoms with Crippen molar-refractivity contribution >= 4 is 33.3 Å². The second-order valence-corrected chi connectivity index (χ2v) is 9.06. The molecule has 3 aromatic rings. The van der Waals surface area contributed by atoms with Gasteiger partial charge in [-0.15, -0.1) is 16.4 Å². The number of hydrogen-bond acceptors (Lipinski definition) is 9. The summed E-state index contributed by atoms with van der Waals surface area (Å²) in [5.41, 5.74) is 1.24. The van der Waals surface area contributed by atoms with Crippen LogP contribution in [0.3, 0.4) is 0 Å². The molecule has 0 amide bonds. The summed E-state index contributed by atoms with van der Waals surface area (Å²) < 4.78 is 7.27. The van der Waals surface area contributed by atoms with Gasteiger partial charge >= 0.3 is 0 Å². The molecule has 8 nitrogen and oxygen atoms in total. The maximum Gasteiger partial charge on any atom is 0.215 e. The number of hydrogen-bond donors (Lipinski definition) is 0. The molecule has 1 aliphatic heterocycles. The van der Waals surface area contributed by atoms with E-state index in [0.29, 0.717) is 0 Å². The summed E-state index contributed by atoms with van der Waals surface area (Å²) in [5.74, 6) is 0.844. The zero-order valence-electron chi connectivity index (χ0n) is 16.0. The number of aryl methyl sites for hydroxylation is 2. The molecular weight excluding hydrogens is 382 g/mol. The first kappa shape index (κ1) is 18.7. The Morgan fingerprint density at radius 2 is 1.96 bits per heavy atom. The van der Waals surface area contributed by atoms with Crippen LogP contribution in [-0.2, 0) is 11.3 Å². The molecule has 1 aliphatic rings. The lowest BCUT2D eigenvalue weighted by Gasteiger charge is -2.25. The normalized spacial score (nSPS) is 15.9. The lowest BCUT2D eigenvalue weighted by atomic mass is 10.2. The summed E-state index contributed by atoms with van der Waals surface area (Å²) in [6.45, 7) is 12.5. The van der Waals surface area contributed by atoms with E-state index in [2.05, 4.69) is 48.1 Å². The van der Waals surface area contributed by atoms with E-state index < -0.39 is 0 Å². The predicted octanol–water partition coefficient (Wildman–Crippen LogP) is 2.86. The zero-order valence-corrected chi connectivity index (χ0v) is 17.6. The van der Waals surface area contributed by atoms with Crippen LogP contribution in [0.1, 0.15) is 36.2 Å². The number of nitrogens with zero attached hydrogens (tertiary/aromatic N) is 7. The van der Waals surface area contributed by atoms with Gasteiger partial charge in [-0.2, -0.15) is 0 Å². The number of morpholine rings is 1. The van der Waals surface area contributed by atoms with E-state index >= 15 is 0 Å². The Balaban J connectivity index is 1.73. The molecule has 0 bridgehead atoms. The fourth-order valence-corrected chi connectivity index (χ4v) is 5.23. The molecule has 0 saturated carbocycles. The van der Waals surface area contributed by atoms with E-state index in [4.69, 9.17) is 14.7 Å². The summed E-state index contributed by atoms with van der Waals surface area (Å²) in [7, 11) is 0. The largest absolute Gasteiger partial charge is 0.379 e. The monoisotopic (exact) mass is 405 g/mol. The molecule has 0 spiro atoms. The molecule has 3 aromatic heterocycles. The predicted molar refractivity (Wildman–Crippen MR) is 105 cm³/mol. The summed E-state index contributed by atoms with van der Waals surface area (Å²) in [5, 5.41) is 15.0. The minimum absolute atomic E-state index is 0.193. The molecular formula is C17H23N7OS2. The van der Waals surface area contributed by atoms with Crippen LogP contribution in [0.4, 0.5) is 0 Å². The molecule has 4 heterocycles.